The molecule has 24 heavy (non-hydrogen) atoms. The topological polar surface area (TPSA) is 59.8 Å². The standard InChI is InChI=1S/C19H20N4O/c1-13-12-14(9-11-20-13)23-18(17-8-4-5-10-21-17)22-16-7-3-2-6-15(16)19(23)24/h2-8,10,13-14,20H,9,11-12H2,1H3/t13-,14+/m0/s1. The molecule has 1 aromatic carbocycles. The Hall–Kier alpha value is -2.53. The van der Waals surface area contributed by atoms with E-state index in [1.807, 2.05) is 47.0 Å². The highest BCUT2D eigenvalue weighted by Crippen LogP contribution is 2.26. The first kappa shape index (κ1) is 15.0. The molecule has 1 saturated heterocycles. The van der Waals surface area contributed by atoms with E-state index >= 15 is 0 Å². The number of fused-ring (bicyclic) bond motifs is 1. The van der Waals surface area contributed by atoms with Crippen molar-refractivity contribution in [3.8, 4) is 11.5 Å². The van der Waals surface area contributed by atoms with E-state index in [0.717, 1.165) is 30.6 Å². The Morgan fingerprint density at radius 2 is 2.00 bits per heavy atom. The van der Waals surface area contributed by atoms with Gasteiger partial charge in [-0.15, -0.1) is 0 Å². The molecule has 0 amide bonds. The molecule has 5 heteroatoms. The van der Waals surface area contributed by atoms with Gasteiger partial charge in [-0.05, 0) is 50.6 Å². The van der Waals surface area contributed by atoms with Crippen molar-refractivity contribution < 1.29 is 0 Å². The molecule has 122 valence electrons. The van der Waals surface area contributed by atoms with Crippen LogP contribution >= 0.6 is 0 Å². The number of para-hydroxylation sites is 1. The molecule has 4 rings (SSSR count). The first-order valence-electron chi connectivity index (χ1n) is 8.40. The van der Waals surface area contributed by atoms with Gasteiger partial charge in [0, 0.05) is 18.3 Å². The van der Waals surface area contributed by atoms with Crippen molar-refractivity contribution in [2.75, 3.05) is 6.54 Å². The van der Waals surface area contributed by atoms with Gasteiger partial charge in [0.05, 0.1) is 10.9 Å². The molecule has 0 spiro atoms. The number of aromatic nitrogens is 3. The second kappa shape index (κ2) is 6.17. The molecular formula is C19H20N4O. The van der Waals surface area contributed by atoms with E-state index in [4.69, 9.17) is 4.98 Å². The maximum Gasteiger partial charge on any atom is 0.261 e. The van der Waals surface area contributed by atoms with Crippen molar-refractivity contribution in [3.63, 3.8) is 0 Å². The molecule has 0 saturated carbocycles. The van der Waals surface area contributed by atoms with Gasteiger partial charge in [-0.1, -0.05) is 18.2 Å². The van der Waals surface area contributed by atoms with Crippen LogP contribution in [0.2, 0.25) is 0 Å². The number of hydrogen-bond acceptors (Lipinski definition) is 4. The molecule has 3 aromatic rings. The molecular weight excluding hydrogens is 300 g/mol. The number of piperidine rings is 1. The fraction of sp³-hybridized carbons (Fsp3) is 0.316. The molecule has 3 heterocycles. The maximum atomic E-state index is 13.2. The fourth-order valence-corrected chi connectivity index (χ4v) is 3.50. The van der Waals surface area contributed by atoms with Crippen molar-refractivity contribution >= 4 is 10.9 Å². The largest absolute Gasteiger partial charge is 0.314 e. The third-order valence-corrected chi connectivity index (χ3v) is 4.66. The van der Waals surface area contributed by atoms with Crippen LogP contribution in [0.3, 0.4) is 0 Å². The SMILES string of the molecule is C[C@H]1C[C@H](n2c(-c3ccccn3)nc3ccccc3c2=O)CCN1. The minimum absolute atomic E-state index is 0.0281. The van der Waals surface area contributed by atoms with E-state index in [1.165, 1.54) is 0 Å². The molecule has 1 N–H and O–H groups in total. The predicted octanol–water partition coefficient (Wildman–Crippen LogP) is 2.77. The van der Waals surface area contributed by atoms with Crippen LogP contribution in [0.4, 0.5) is 0 Å². The van der Waals surface area contributed by atoms with Crippen LogP contribution in [-0.4, -0.2) is 27.1 Å². The van der Waals surface area contributed by atoms with E-state index in [1.54, 1.807) is 6.20 Å². The zero-order valence-electron chi connectivity index (χ0n) is 13.6. The quantitative estimate of drug-likeness (QED) is 0.789. The number of pyridine rings is 1. The summed E-state index contributed by atoms with van der Waals surface area (Å²) in [7, 11) is 0. The van der Waals surface area contributed by atoms with Crippen LogP contribution in [0.1, 0.15) is 25.8 Å². The minimum atomic E-state index is 0.0281. The second-order valence-electron chi connectivity index (χ2n) is 6.38. The molecule has 2 atom stereocenters. The number of rotatable bonds is 2. The summed E-state index contributed by atoms with van der Waals surface area (Å²) < 4.78 is 1.86. The highest BCUT2D eigenvalue weighted by atomic mass is 16.1. The lowest BCUT2D eigenvalue weighted by Crippen LogP contribution is -2.40. The lowest BCUT2D eigenvalue weighted by atomic mass is 9.99. The summed E-state index contributed by atoms with van der Waals surface area (Å²) in [6.45, 7) is 3.07. The zero-order valence-corrected chi connectivity index (χ0v) is 13.6. The molecule has 0 bridgehead atoms. The van der Waals surface area contributed by atoms with Gasteiger partial charge < -0.3 is 5.32 Å². The maximum absolute atomic E-state index is 13.2. The minimum Gasteiger partial charge on any atom is -0.314 e. The summed E-state index contributed by atoms with van der Waals surface area (Å²) >= 11 is 0. The van der Waals surface area contributed by atoms with Crippen LogP contribution in [0, 0.1) is 0 Å². The fourth-order valence-electron chi connectivity index (χ4n) is 3.50. The molecule has 5 nitrogen and oxygen atoms in total. The van der Waals surface area contributed by atoms with Crippen LogP contribution in [0.5, 0.6) is 0 Å². The summed E-state index contributed by atoms with van der Waals surface area (Å²) in [6, 6.07) is 13.8. The Balaban J connectivity index is 1.98. The number of nitrogens with one attached hydrogen (secondary N) is 1. The van der Waals surface area contributed by atoms with Gasteiger partial charge in [-0.2, -0.15) is 0 Å². The van der Waals surface area contributed by atoms with Crippen LogP contribution in [-0.2, 0) is 0 Å². The Kier molecular flexibility index (Phi) is 3.86. The van der Waals surface area contributed by atoms with Crippen molar-refractivity contribution in [2.24, 2.45) is 0 Å². The average molecular weight is 320 g/mol. The summed E-state index contributed by atoms with van der Waals surface area (Å²) in [5.74, 6) is 0.665. The lowest BCUT2D eigenvalue weighted by Gasteiger charge is -2.30. The molecule has 0 aliphatic carbocycles. The second-order valence-corrected chi connectivity index (χ2v) is 6.38. The van der Waals surface area contributed by atoms with E-state index in [-0.39, 0.29) is 11.6 Å². The molecule has 1 fully saturated rings. The smallest absolute Gasteiger partial charge is 0.261 e. The van der Waals surface area contributed by atoms with Gasteiger partial charge in [-0.25, -0.2) is 4.98 Å². The Morgan fingerprint density at radius 3 is 2.79 bits per heavy atom. The number of nitrogens with zero attached hydrogens (tertiary/aromatic N) is 3. The van der Waals surface area contributed by atoms with Crippen molar-refractivity contribution in [1.82, 2.24) is 19.9 Å². The van der Waals surface area contributed by atoms with Gasteiger partial charge in [0.15, 0.2) is 5.82 Å². The predicted molar refractivity (Wildman–Crippen MR) is 95.0 cm³/mol. The summed E-state index contributed by atoms with van der Waals surface area (Å²) in [4.78, 5) is 22.4. The number of hydrogen-bond donors (Lipinski definition) is 1. The van der Waals surface area contributed by atoms with E-state index in [2.05, 4.69) is 17.2 Å². The first-order chi connectivity index (χ1) is 11.7. The third-order valence-electron chi connectivity index (χ3n) is 4.66. The van der Waals surface area contributed by atoms with Crippen molar-refractivity contribution in [1.29, 1.82) is 0 Å². The zero-order chi connectivity index (χ0) is 16.5. The van der Waals surface area contributed by atoms with Gasteiger partial charge in [-0.3, -0.25) is 14.3 Å². The number of benzene rings is 1. The van der Waals surface area contributed by atoms with Crippen molar-refractivity contribution in [3.05, 3.63) is 59.0 Å². The van der Waals surface area contributed by atoms with E-state index in [0.29, 0.717) is 17.3 Å². The van der Waals surface area contributed by atoms with Gasteiger partial charge in [0.25, 0.3) is 5.56 Å². The Morgan fingerprint density at radius 1 is 1.17 bits per heavy atom. The average Bonchev–Trinajstić information content (AvgIpc) is 2.62. The van der Waals surface area contributed by atoms with Crippen LogP contribution < -0.4 is 10.9 Å². The van der Waals surface area contributed by atoms with E-state index in [9.17, 15) is 4.79 Å². The highest BCUT2D eigenvalue weighted by Gasteiger charge is 2.25. The van der Waals surface area contributed by atoms with Crippen LogP contribution in [0.15, 0.2) is 53.5 Å². The molecule has 0 radical (unpaired) electrons. The Bertz CT molecular complexity index is 920. The summed E-state index contributed by atoms with van der Waals surface area (Å²) in [5, 5.41) is 4.12. The van der Waals surface area contributed by atoms with Gasteiger partial charge in [0.1, 0.15) is 5.69 Å². The molecule has 0 unspecified atom stereocenters. The first-order valence-corrected chi connectivity index (χ1v) is 8.40. The van der Waals surface area contributed by atoms with Crippen molar-refractivity contribution in [2.45, 2.75) is 31.8 Å². The van der Waals surface area contributed by atoms with Gasteiger partial charge in [0.2, 0.25) is 0 Å². The lowest BCUT2D eigenvalue weighted by molar-refractivity contribution is 0.309. The summed E-state index contributed by atoms with van der Waals surface area (Å²) in [6.07, 6.45) is 3.58. The molecule has 1 aliphatic rings. The van der Waals surface area contributed by atoms with Gasteiger partial charge >= 0.3 is 0 Å². The van der Waals surface area contributed by atoms with Crippen LogP contribution in [0.25, 0.3) is 22.4 Å². The normalized spacial score (nSPS) is 21.0. The monoisotopic (exact) mass is 320 g/mol. The molecule has 2 aromatic heterocycles. The Labute approximate surface area is 140 Å². The summed E-state index contributed by atoms with van der Waals surface area (Å²) in [5.41, 5.74) is 1.49. The molecule has 1 aliphatic heterocycles. The third kappa shape index (κ3) is 2.61. The van der Waals surface area contributed by atoms with E-state index < -0.39 is 0 Å². The highest BCUT2D eigenvalue weighted by molar-refractivity contribution is 5.79.